The van der Waals surface area contributed by atoms with E-state index in [1.165, 1.54) is 6.26 Å². The maximum atomic E-state index is 13.7. The van der Waals surface area contributed by atoms with Gasteiger partial charge in [0.25, 0.3) is 5.91 Å². The smallest absolute Gasteiger partial charge is 0.316 e. The first-order chi connectivity index (χ1) is 15.2. The number of oxazole rings is 1. The van der Waals surface area contributed by atoms with Crippen molar-refractivity contribution in [1.82, 2.24) is 24.3 Å². The molecule has 0 saturated carbocycles. The van der Waals surface area contributed by atoms with Gasteiger partial charge in [-0.3, -0.25) is 9.20 Å². The molecule has 8 heteroatoms. The molecule has 1 amide bonds. The molecule has 0 bridgehead atoms. The van der Waals surface area contributed by atoms with E-state index in [2.05, 4.69) is 21.9 Å². The van der Waals surface area contributed by atoms with Gasteiger partial charge in [0.1, 0.15) is 24.3 Å². The molecule has 0 aliphatic carbocycles. The third kappa shape index (κ3) is 3.65. The first-order valence-electron chi connectivity index (χ1n) is 10.5. The minimum Gasteiger partial charge on any atom is -0.461 e. The number of aryl methyl sites for hydroxylation is 1. The average Bonchev–Trinajstić information content (AvgIpc) is 3.54. The molecule has 5 rings (SSSR count). The van der Waals surface area contributed by atoms with Crippen LogP contribution in [0.3, 0.4) is 0 Å². The number of amides is 1. The van der Waals surface area contributed by atoms with E-state index in [-0.39, 0.29) is 11.9 Å². The van der Waals surface area contributed by atoms with Crippen molar-refractivity contribution in [2.75, 3.05) is 13.2 Å². The number of hydrogen-bond acceptors (Lipinski definition) is 6. The molecule has 1 saturated heterocycles. The molecule has 1 aliphatic heterocycles. The Hall–Kier alpha value is -3.68. The first-order valence-corrected chi connectivity index (χ1v) is 10.5. The highest BCUT2D eigenvalue weighted by Gasteiger charge is 2.34. The van der Waals surface area contributed by atoms with Gasteiger partial charge in [-0.05, 0) is 24.8 Å². The van der Waals surface area contributed by atoms with Gasteiger partial charge in [0.2, 0.25) is 0 Å². The summed E-state index contributed by atoms with van der Waals surface area (Å²) in [5, 5.41) is 0. The number of nitrogens with zero attached hydrogens (tertiary/aromatic N) is 5. The Morgan fingerprint density at radius 3 is 2.81 bits per heavy atom. The second-order valence-electron chi connectivity index (χ2n) is 7.56. The summed E-state index contributed by atoms with van der Waals surface area (Å²) in [6.45, 7) is 3.07. The minimum atomic E-state index is -0.0823. The molecule has 0 radical (unpaired) electrons. The van der Waals surface area contributed by atoms with Crippen LogP contribution >= 0.6 is 0 Å². The van der Waals surface area contributed by atoms with Crippen molar-refractivity contribution in [3.63, 3.8) is 0 Å². The first kappa shape index (κ1) is 19.3. The summed E-state index contributed by atoms with van der Waals surface area (Å²) in [4.78, 5) is 28.6. The predicted octanol–water partition coefficient (Wildman–Crippen LogP) is 3.63. The fourth-order valence-corrected chi connectivity index (χ4v) is 3.97. The van der Waals surface area contributed by atoms with E-state index >= 15 is 0 Å². The van der Waals surface area contributed by atoms with Crippen molar-refractivity contribution in [1.29, 1.82) is 0 Å². The number of hydrogen-bond donors (Lipinski definition) is 0. The van der Waals surface area contributed by atoms with Crippen LogP contribution in [0.2, 0.25) is 0 Å². The SMILES string of the molecule is CCc1cnc(OC[C@@H]2CCCN2C(=O)c2c(-c3ccccc3)nc3occn23)nc1. The van der Waals surface area contributed by atoms with Crippen molar-refractivity contribution in [2.24, 2.45) is 0 Å². The quantitative estimate of drug-likeness (QED) is 0.476. The van der Waals surface area contributed by atoms with Gasteiger partial charge in [0.05, 0.1) is 6.04 Å². The molecule has 31 heavy (non-hydrogen) atoms. The summed E-state index contributed by atoms with van der Waals surface area (Å²) < 4.78 is 13.0. The number of likely N-dealkylation sites (tertiary alicyclic amines) is 1. The summed E-state index contributed by atoms with van der Waals surface area (Å²) in [5.41, 5.74) is 3.06. The largest absolute Gasteiger partial charge is 0.461 e. The van der Waals surface area contributed by atoms with Gasteiger partial charge in [0.15, 0.2) is 0 Å². The standard InChI is InChI=1S/C23H23N5O3/c1-2-16-13-24-22(25-14-16)31-15-18-9-6-10-27(18)21(29)20-19(17-7-4-3-5-8-17)26-23-28(20)11-12-30-23/h3-5,7-8,11-14,18H,2,6,9-10,15H2,1H3/t18-/m0/s1. The van der Waals surface area contributed by atoms with Crippen molar-refractivity contribution in [2.45, 2.75) is 32.2 Å². The maximum Gasteiger partial charge on any atom is 0.316 e. The normalized spacial score (nSPS) is 16.2. The van der Waals surface area contributed by atoms with Gasteiger partial charge in [-0.2, -0.15) is 4.98 Å². The number of benzene rings is 1. The number of carbonyl (C=O) groups excluding carboxylic acids is 1. The third-order valence-corrected chi connectivity index (χ3v) is 5.64. The van der Waals surface area contributed by atoms with Crippen molar-refractivity contribution in [3.05, 3.63) is 66.4 Å². The second-order valence-corrected chi connectivity index (χ2v) is 7.56. The lowest BCUT2D eigenvalue weighted by Gasteiger charge is -2.24. The lowest BCUT2D eigenvalue weighted by Crippen LogP contribution is -2.39. The van der Waals surface area contributed by atoms with E-state index in [0.29, 0.717) is 36.4 Å². The molecular weight excluding hydrogens is 394 g/mol. The summed E-state index contributed by atoms with van der Waals surface area (Å²) in [5.74, 6) is 0.319. The van der Waals surface area contributed by atoms with E-state index < -0.39 is 0 Å². The number of ether oxygens (including phenoxy) is 1. The Balaban J connectivity index is 1.40. The topological polar surface area (TPSA) is 85.8 Å². The summed E-state index contributed by atoms with van der Waals surface area (Å²) in [6, 6.07) is 9.97. The number of aromatic nitrogens is 4. The zero-order valence-corrected chi connectivity index (χ0v) is 17.3. The number of imidazole rings is 1. The highest BCUT2D eigenvalue weighted by molar-refractivity contribution is 5.99. The molecule has 4 heterocycles. The van der Waals surface area contributed by atoms with Crippen molar-refractivity contribution < 1.29 is 13.9 Å². The van der Waals surface area contributed by atoms with Gasteiger partial charge < -0.3 is 14.1 Å². The zero-order valence-electron chi connectivity index (χ0n) is 17.3. The molecule has 4 aromatic rings. The van der Waals surface area contributed by atoms with Crippen LogP contribution in [-0.4, -0.2) is 49.4 Å². The second kappa shape index (κ2) is 8.22. The lowest BCUT2D eigenvalue weighted by molar-refractivity contribution is 0.0680. The minimum absolute atomic E-state index is 0.0528. The molecule has 8 nitrogen and oxygen atoms in total. The highest BCUT2D eigenvalue weighted by atomic mass is 16.5. The molecule has 1 aliphatic rings. The summed E-state index contributed by atoms with van der Waals surface area (Å²) >= 11 is 0. The molecule has 1 aromatic carbocycles. The van der Waals surface area contributed by atoms with Gasteiger partial charge in [-0.15, -0.1) is 0 Å². The van der Waals surface area contributed by atoms with E-state index in [1.54, 1.807) is 23.0 Å². The number of carbonyl (C=O) groups is 1. The fraction of sp³-hybridized carbons (Fsp3) is 0.304. The molecule has 0 unspecified atom stereocenters. The molecular formula is C23H23N5O3. The van der Waals surface area contributed by atoms with Crippen LogP contribution in [0.4, 0.5) is 0 Å². The maximum absolute atomic E-state index is 13.7. The highest BCUT2D eigenvalue weighted by Crippen LogP contribution is 2.29. The third-order valence-electron chi connectivity index (χ3n) is 5.64. The van der Waals surface area contributed by atoms with E-state index in [1.807, 2.05) is 35.2 Å². The van der Waals surface area contributed by atoms with Crippen LogP contribution < -0.4 is 4.74 Å². The predicted molar refractivity (Wildman–Crippen MR) is 114 cm³/mol. The number of rotatable bonds is 6. The van der Waals surface area contributed by atoms with Crippen molar-refractivity contribution >= 4 is 11.8 Å². The van der Waals surface area contributed by atoms with E-state index in [9.17, 15) is 4.79 Å². The number of fused-ring (bicyclic) bond motifs is 1. The molecule has 3 aromatic heterocycles. The fourth-order valence-electron chi connectivity index (χ4n) is 3.97. The summed E-state index contributed by atoms with van der Waals surface area (Å²) in [7, 11) is 0. The molecule has 0 N–H and O–H groups in total. The Bertz CT molecular complexity index is 1180. The Kier molecular flexibility index (Phi) is 5.11. The van der Waals surface area contributed by atoms with Gasteiger partial charge in [-0.25, -0.2) is 9.97 Å². The van der Waals surface area contributed by atoms with Crippen LogP contribution in [0.15, 0.2) is 59.6 Å². The van der Waals surface area contributed by atoms with Crippen LogP contribution in [0.25, 0.3) is 17.1 Å². The Morgan fingerprint density at radius 2 is 2.03 bits per heavy atom. The Labute approximate surface area is 179 Å². The van der Waals surface area contributed by atoms with E-state index in [4.69, 9.17) is 9.15 Å². The molecule has 158 valence electrons. The Morgan fingerprint density at radius 1 is 1.23 bits per heavy atom. The lowest BCUT2D eigenvalue weighted by atomic mass is 10.1. The van der Waals surface area contributed by atoms with Crippen LogP contribution in [-0.2, 0) is 6.42 Å². The zero-order chi connectivity index (χ0) is 21.2. The van der Waals surface area contributed by atoms with Crippen LogP contribution in [0.1, 0.15) is 35.8 Å². The van der Waals surface area contributed by atoms with Gasteiger partial charge >= 0.3 is 11.9 Å². The monoisotopic (exact) mass is 417 g/mol. The molecule has 1 atom stereocenters. The van der Waals surface area contributed by atoms with Crippen LogP contribution in [0.5, 0.6) is 6.01 Å². The molecule has 0 spiro atoms. The van der Waals surface area contributed by atoms with Gasteiger partial charge in [-0.1, -0.05) is 37.3 Å². The molecule has 1 fully saturated rings. The van der Waals surface area contributed by atoms with Crippen molar-refractivity contribution in [3.8, 4) is 17.3 Å². The van der Waals surface area contributed by atoms with E-state index in [0.717, 1.165) is 30.4 Å². The summed E-state index contributed by atoms with van der Waals surface area (Å²) in [6.07, 6.45) is 9.48. The van der Waals surface area contributed by atoms with Gasteiger partial charge in [0, 0.05) is 30.7 Å². The van der Waals surface area contributed by atoms with Crippen LogP contribution in [0, 0.1) is 0 Å². The average molecular weight is 417 g/mol.